The smallest absolute Gasteiger partial charge is 0.139 e. The van der Waals surface area contributed by atoms with Gasteiger partial charge in [0, 0.05) is 30.7 Å². The molecular weight excluding hydrogens is 242 g/mol. The molecular formula is C14H19N3S. The summed E-state index contributed by atoms with van der Waals surface area (Å²) in [5.74, 6) is 2.57. The Morgan fingerprint density at radius 1 is 1.56 bits per heavy atom. The molecule has 4 heteroatoms. The van der Waals surface area contributed by atoms with Gasteiger partial charge in [-0.2, -0.15) is 11.8 Å². The molecule has 18 heavy (non-hydrogen) atoms. The molecule has 0 saturated carbocycles. The van der Waals surface area contributed by atoms with Crippen LogP contribution in [0.2, 0.25) is 0 Å². The Morgan fingerprint density at radius 3 is 3.28 bits per heavy atom. The molecule has 1 N–H and O–H groups in total. The van der Waals surface area contributed by atoms with Crippen molar-refractivity contribution in [3.63, 3.8) is 0 Å². The first-order valence-electron chi connectivity index (χ1n) is 6.57. The van der Waals surface area contributed by atoms with Crippen molar-refractivity contribution in [1.29, 1.82) is 0 Å². The van der Waals surface area contributed by atoms with E-state index in [0.717, 1.165) is 17.9 Å². The second kappa shape index (κ2) is 5.33. The normalized spacial score (nSPS) is 20.4. The molecule has 2 aromatic rings. The van der Waals surface area contributed by atoms with Gasteiger partial charge in [-0.25, -0.2) is 4.98 Å². The lowest BCUT2D eigenvalue weighted by atomic mass is 10.2. The van der Waals surface area contributed by atoms with E-state index in [4.69, 9.17) is 4.98 Å². The van der Waals surface area contributed by atoms with Crippen LogP contribution in [0.1, 0.15) is 24.1 Å². The standard InChI is InChI=1S/C14H19N3S/c1-11-4-2-6-17-9-13(16-14(11)17)8-15-12-5-3-7-18-10-12/h2,4,6,9,12,15H,3,5,7-8,10H2,1H3/t12-/m0/s1. The Balaban J connectivity index is 1.69. The van der Waals surface area contributed by atoms with Gasteiger partial charge in [-0.05, 0) is 37.1 Å². The van der Waals surface area contributed by atoms with Gasteiger partial charge in [-0.15, -0.1) is 0 Å². The zero-order valence-corrected chi connectivity index (χ0v) is 11.5. The molecule has 1 fully saturated rings. The van der Waals surface area contributed by atoms with Crippen LogP contribution >= 0.6 is 11.8 Å². The molecule has 0 aliphatic carbocycles. The van der Waals surface area contributed by atoms with Crippen molar-refractivity contribution in [3.8, 4) is 0 Å². The molecule has 0 aromatic carbocycles. The van der Waals surface area contributed by atoms with Crippen LogP contribution in [0.3, 0.4) is 0 Å². The maximum atomic E-state index is 4.69. The third-order valence-electron chi connectivity index (χ3n) is 3.46. The summed E-state index contributed by atoms with van der Waals surface area (Å²) in [6.45, 7) is 2.99. The summed E-state index contributed by atoms with van der Waals surface area (Å²) in [4.78, 5) is 4.69. The van der Waals surface area contributed by atoms with E-state index < -0.39 is 0 Å². The maximum Gasteiger partial charge on any atom is 0.139 e. The van der Waals surface area contributed by atoms with E-state index in [0.29, 0.717) is 6.04 Å². The van der Waals surface area contributed by atoms with Gasteiger partial charge in [0.05, 0.1) is 5.69 Å². The van der Waals surface area contributed by atoms with Gasteiger partial charge in [0.25, 0.3) is 0 Å². The van der Waals surface area contributed by atoms with Crippen LogP contribution in [0.5, 0.6) is 0 Å². The van der Waals surface area contributed by atoms with Crippen molar-refractivity contribution < 1.29 is 0 Å². The summed E-state index contributed by atoms with van der Waals surface area (Å²) in [5, 5.41) is 3.62. The zero-order chi connectivity index (χ0) is 12.4. The van der Waals surface area contributed by atoms with Gasteiger partial charge in [0.15, 0.2) is 0 Å². The SMILES string of the molecule is Cc1cccn2cc(CN[C@H]3CCCSC3)nc12. The van der Waals surface area contributed by atoms with E-state index in [9.17, 15) is 0 Å². The summed E-state index contributed by atoms with van der Waals surface area (Å²) in [7, 11) is 0. The molecule has 96 valence electrons. The van der Waals surface area contributed by atoms with Gasteiger partial charge in [0.1, 0.15) is 5.65 Å². The zero-order valence-electron chi connectivity index (χ0n) is 10.7. The molecule has 0 radical (unpaired) electrons. The van der Waals surface area contributed by atoms with E-state index in [-0.39, 0.29) is 0 Å². The molecule has 0 bridgehead atoms. The lowest BCUT2D eigenvalue weighted by Gasteiger charge is -2.21. The average molecular weight is 261 g/mol. The van der Waals surface area contributed by atoms with Gasteiger partial charge in [-0.1, -0.05) is 6.07 Å². The minimum atomic E-state index is 0.662. The van der Waals surface area contributed by atoms with Crippen LogP contribution in [-0.4, -0.2) is 26.9 Å². The fourth-order valence-corrected chi connectivity index (χ4v) is 3.55. The summed E-state index contributed by atoms with van der Waals surface area (Å²) < 4.78 is 2.11. The van der Waals surface area contributed by atoms with Crippen LogP contribution in [0.15, 0.2) is 24.5 Å². The molecule has 2 aromatic heterocycles. The largest absolute Gasteiger partial charge is 0.307 e. The molecule has 0 unspecified atom stereocenters. The number of imidazole rings is 1. The van der Waals surface area contributed by atoms with Crippen LogP contribution in [0.25, 0.3) is 5.65 Å². The highest BCUT2D eigenvalue weighted by molar-refractivity contribution is 7.99. The minimum Gasteiger partial charge on any atom is -0.307 e. The number of nitrogens with zero attached hydrogens (tertiary/aromatic N) is 2. The van der Waals surface area contributed by atoms with Crippen LogP contribution in [-0.2, 0) is 6.54 Å². The fourth-order valence-electron chi connectivity index (χ4n) is 2.44. The second-order valence-corrected chi connectivity index (χ2v) is 6.10. The van der Waals surface area contributed by atoms with Crippen molar-refractivity contribution >= 4 is 17.4 Å². The topological polar surface area (TPSA) is 29.3 Å². The van der Waals surface area contributed by atoms with E-state index >= 15 is 0 Å². The first kappa shape index (κ1) is 12.1. The van der Waals surface area contributed by atoms with Crippen LogP contribution < -0.4 is 5.32 Å². The van der Waals surface area contributed by atoms with Crippen molar-refractivity contribution in [3.05, 3.63) is 35.8 Å². The number of pyridine rings is 1. The van der Waals surface area contributed by atoms with Crippen LogP contribution in [0, 0.1) is 6.92 Å². The third kappa shape index (κ3) is 2.54. The molecule has 3 heterocycles. The number of fused-ring (bicyclic) bond motifs is 1. The average Bonchev–Trinajstić information content (AvgIpc) is 2.82. The lowest BCUT2D eigenvalue weighted by Crippen LogP contribution is -2.33. The van der Waals surface area contributed by atoms with E-state index in [1.165, 1.54) is 29.9 Å². The molecule has 3 rings (SSSR count). The number of aromatic nitrogens is 2. The number of nitrogens with one attached hydrogen (secondary N) is 1. The molecule has 0 spiro atoms. The highest BCUT2D eigenvalue weighted by Crippen LogP contribution is 2.17. The summed E-state index contributed by atoms with van der Waals surface area (Å²) in [5.41, 5.74) is 3.45. The predicted molar refractivity (Wildman–Crippen MR) is 77.1 cm³/mol. The summed E-state index contributed by atoms with van der Waals surface area (Å²) >= 11 is 2.06. The Labute approximate surface area is 112 Å². The Morgan fingerprint density at radius 2 is 2.50 bits per heavy atom. The highest BCUT2D eigenvalue weighted by atomic mass is 32.2. The fraction of sp³-hybridized carbons (Fsp3) is 0.500. The van der Waals surface area contributed by atoms with E-state index in [1.54, 1.807) is 0 Å². The number of aryl methyl sites for hydroxylation is 1. The third-order valence-corrected chi connectivity index (χ3v) is 4.68. The molecule has 1 atom stereocenters. The van der Waals surface area contributed by atoms with Gasteiger partial charge >= 0.3 is 0 Å². The summed E-state index contributed by atoms with van der Waals surface area (Å²) in [6, 6.07) is 4.84. The highest BCUT2D eigenvalue weighted by Gasteiger charge is 2.13. The second-order valence-electron chi connectivity index (χ2n) is 4.95. The lowest BCUT2D eigenvalue weighted by molar-refractivity contribution is 0.504. The predicted octanol–water partition coefficient (Wildman–Crippen LogP) is 2.63. The van der Waals surface area contributed by atoms with Crippen molar-refractivity contribution in [1.82, 2.24) is 14.7 Å². The first-order chi connectivity index (χ1) is 8.83. The molecule has 0 amide bonds. The monoisotopic (exact) mass is 261 g/mol. The number of thioether (sulfide) groups is 1. The first-order valence-corrected chi connectivity index (χ1v) is 7.73. The minimum absolute atomic E-state index is 0.662. The van der Waals surface area contributed by atoms with Crippen molar-refractivity contribution in [2.75, 3.05) is 11.5 Å². The van der Waals surface area contributed by atoms with Crippen molar-refractivity contribution in [2.24, 2.45) is 0 Å². The number of rotatable bonds is 3. The van der Waals surface area contributed by atoms with Crippen LogP contribution in [0.4, 0.5) is 0 Å². The quantitative estimate of drug-likeness (QED) is 0.921. The van der Waals surface area contributed by atoms with E-state index in [2.05, 4.69) is 52.9 Å². The van der Waals surface area contributed by atoms with Gasteiger partial charge < -0.3 is 9.72 Å². The maximum absolute atomic E-state index is 4.69. The molecule has 1 aliphatic heterocycles. The molecule has 1 aliphatic rings. The Bertz CT molecular complexity index is 529. The van der Waals surface area contributed by atoms with Gasteiger partial charge in [-0.3, -0.25) is 0 Å². The Hall–Kier alpha value is -1.00. The van der Waals surface area contributed by atoms with Crippen molar-refractivity contribution in [2.45, 2.75) is 32.4 Å². The molecule has 3 nitrogen and oxygen atoms in total. The van der Waals surface area contributed by atoms with Gasteiger partial charge in [0.2, 0.25) is 0 Å². The number of hydrogen-bond donors (Lipinski definition) is 1. The summed E-state index contributed by atoms with van der Waals surface area (Å²) in [6.07, 6.45) is 6.84. The Kier molecular flexibility index (Phi) is 3.57. The number of hydrogen-bond acceptors (Lipinski definition) is 3. The molecule has 1 saturated heterocycles. The van der Waals surface area contributed by atoms with E-state index in [1.807, 2.05) is 0 Å².